The van der Waals surface area contributed by atoms with E-state index in [9.17, 15) is 9.59 Å². The number of nitrogens with zero attached hydrogens (tertiary/aromatic N) is 1. The van der Waals surface area contributed by atoms with Crippen molar-refractivity contribution in [1.29, 1.82) is 0 Å². The van der Waals surface area contributed by atoms with Crippen molar-refractivity contribution in [2.24, 2.45) is 11.7 Å². The summed E-state index contributed by atoms with van der Waals surface area (Å²) in [5.74, 6) is 0.426. The number of unbranched alkanes of at least 4 members (excludes halogenated alkanes) is 1. The molecular weight excluding hydrogens is 420 g/mol. The molecular formula is C26H34N2O5. The summed E-state index contributed by atoms with van der Waals surface area (Å²) in [6, 6.07) is 16.3. The van der Waals surface area contributed by atoms with E-state index in [4.69, 9.17) is 20.3 Å². The van der Waals surface area contributed by atoms with Crippen molar-refractivity contribution in [1.82, 2.24) is 4.90 Å². The Bertz CT molecular complexity index is 864. The average molecular weight is 455 g/mol. The van der Waals surface area contributed by atoms with Crippen LogP contribution in [0.25, 0.3) is 0 Å². The molecule has 7 heteroatoms. The van der Waals surface area contributed by atoms with Gasteiger partial charge in [-0.3, -0.25) is 4.79 Å². The second kappa shape index (κ2) is 12.8. The minimum Gasteiger partial charge on any atom is -0.494 e. The number of aliphatic carboxylic acids is 1. The van der Waals surface area contributed by atoms with E-state index < -0.39 is 12.0 Å². The van der Waals surface area contributed by atoms with Gasteiger partial charge >= 0.3 is 12.1 Å². The first-order valence-corrected chi connectivity index (χ1v) is 11.7. The Morgan fingerprint density at radius 2 is 1.70 bits per heavy atom. The normalized spacial score (nSPS) is 15.1. The number of hydrogen-bond acceptors (Lipinski definition) is 5. The summed E-state index contributed by atoms with van der Waals surface area (Å²) in [6.45, 7) is 2.48. The number of ether oxygens (including phenoxy) is 2. The molecule has 3 N–H and O–H groups in total. The molecule has 1 aliphatic heterocycles. The van der Waals surface area contributed by atoms with Gasteiger partial charge in [0.05, 0.1) is 6.61 Å². The third-order valence-corrected chi connectivity index (χ3v) is 6.05. The summed E-state index contributed by atoms with van der Waals surface area (Å²) < 4.78 is 11.2. The molecule has 7 nitrogen and oxygen atoms in total. The third kappa shape index (κ3) is 8.42. The fourth-order valence-electron chi connectivity index (χ4n) is 4.00. The van der Waals surface area contributed by atoms with Crippen LogP contribution in [0.15, 0.2) is 54.6 Å². The lowest BCUT2D eigenvalue weighted by molar-refractivity contribution is -0.138. The maximum atomic E-state index is 12.3. The highest BCUT2D eigenvalue weighted by Crippen LogP contribution is 2.23. The second-order valence-corrected chi connectivity index (χ2v) is 8.61. The van der Waals surface area contributed by atoms with Crippen LogP contribution in [0.3, 0.4) is 0 Å². The van der Waals surface area contributed by atoms with Crippen LogP contribution in [0.1, 0.15) is 43.2 Å². The molecule has 0 aromatic heterocycles. The largest absolute Gasteiger partial charge is 0.494 e. The zero-order valence-corrected chi connectivity index (χ0v) is 19.0. The van der Waals surface area contributed by atoms with Gasteiger partial charge < -0.3 is 25.2 Å². The van der Waals surface area contributed by atoms with Gasteiger partial charge in [0.2, 0.25) is 0 Å². The van der Waals surface area contributed by atoms with Crippen molar-refractivity contribution in [3.05, 3.63) is 65.7 Å². The van der Waals surface area contributed by atoms with Crippen LogP contribution in [0.2, 0.25) is 0 Å². The number of rotatable bonds is 11. The van der Waals surface area contributed by atoms with Crippen molar-refractivity contribution >= 4 is 12.1 Å². The molecule has 2 aromatic carbocycles. The Morgan fingerprint density at radius 1 is 1.00 bits per heavy atom. The molecule has 1 amide bonds. The molecule has 178 valence electrons. The molecule has 33 heavy (non-hydrogen) atoms. The number of amides is 1. The number of carbonyl (C=O) groups excluding carboxylic acids is 1. The van der Waals surface area contributed by atoms with Crippen molar-refractivity contribution in [3.8, 4) is 5.75 Å². The molecule has 1 fully saturated rings. The van der Waals surface area contributed by atoms with E-state index >= 15 is 0 Å². The number of carboxylic acid groups (broad SMARTS) is 1. The van der Waals surface area contributed by atoms with Gasteiger partial charge in [0, 0.05) is 13.1 Å². The van der Waals surface area contributed by atoms with Gasteiger partial charge in [-0.15, -0.1) is 0 Å². The molecule has 0 aliphatic carbocycles. The lowest BCUT2D eigenvalue weighted by Crippen LogP contribution is -2.38. The van der Waals surface area contributed by atoms with E-state index in [2.05, 4.69) is 0 Å². The molecule has 1 aliphatic rings. The van der Waals surface area contributed by atoms with Gasteiger partial charge in [-0.05, 0) is 61.3 Å². The molecule has 0 saturated carbocycles. The van der Waals surface area contributed by atoms with E-state index in [0.717, 1.165) is 62.1 Å². The van der Waals surface area contributed by atoms with E-state index in [-0.39, 0.29) is 6.09 Å². The molecule has 1 heterocycles. The van der Waals surface area contributed by atoms with Gasteiger partial charge in [0.1, 0.15) is 18.4 Å². The minimum absolute atomic E-state index is 0.221. The monoisotopic (exact) mass is 454 g/mol. The summed E-state index contributed by atoms with van der Waals surface area (Å²) in [5.41, 5.74) is 7.45. The third-order valence-electron chi connectivity index (χ3n) is 6.05. The summed E-state index contributed by atoms with van der Waals surface area (Å²) in [5, 5.41) is 8.88. The maximum Gasteiger partial charge on any atom is 0.410 e. The van der Waals surface area contributed by atoms with Crippen LogP contribution in [0, 0.1) is 5.92 Å². The zero-order valence-electron chi connectivity index (χ0n) is 19.0. The molecule has 3 rings (SSSR count). The molecule has 0 bridgehead atoms. The first-order chi connectivity index (χ1) is 16.0. The molecule has 0 radical (unpaired) electrons. The summed E-state index contributed by atoms with van der Waals surface area (Å²) >= 11 is 0. The fraction of sp³-hybridized carbons (Fsp3) is 0.462. The number of nitrogens with two attached hydrogens (primary N) is 1. The lowest BCUT2D eigenvalue weighted by atomic mass is 9.92. The van der Waals surface area contributed by atoms with Crippen LogP contribution in [0.4, 0.5) is 4.79 Å². The number of hydrogen-bond donors (Lipinski definition) is 2. The number of carbonyl (C=O) groups is 2. The Hall–Kier alpha value is -3.06. The Kier molecular flexibility index (Phi) is 9.57. The van der Waals surface area contributed by atoms with E-state index in [1.807, 2.05) is 59.5 Å². The van der Waals surface area contributed by atoms with Crippen LogP contribution >= 0.6 is 0 Å². The van der Waals surface area contributed by atoms with Crippen LogP contribution < -0.4 is 10.5 Å². The van der Waals surface area contributed by atoms with Gasteiger partial charge in [-0.25, -0.2) is 4.79 Å². The number of likely N-dealkylation sites (tertiary alicyclic amines) is 1. The van der Waals surface area contributed by atoms with Crippen LogP contribution in [0.5, 0.6) is 5.75 Å². The van der Waals surface area contributed by atoms with E-state index in [1.54, 1.807) is 0 Å². The quantitative estimate of drug-likeness (QED) is 0.493. The Morgan fingerprint density at radius 3 is 2.36 bits per heavy atom. The van der Waals surface area contributed by atoms with E-state index in [0.29, 0.717) is 25.6 Å². The van der Waals surface area contributed by atoms with Crippen molar-refractivity contribution in [2.75, 3.05) is 19.7 Å². The highest BCUT2D eigenvalue weighted by atomic mass is 16.6. The minimum atomic E-state index is -0.996. The fourth-order valence-corrected chi connectivity index (χ4v) is 4.00. The summed E-state index contributed by atoms with van der Waals surface area (Å²) in [7, 11) is 0. The first-order valence-electron chi connectivity index (χ1n) is 11.7. The van der Waals surface area contributed by atoms with Crippen LogP contribution in [-0.2, 0) is 22.6 Å². The number of piperidine rings is 1. The molecule has 0 unspecified atom stereocenters. The lowest BCUT2D eigenvalue weighted by Gasteiger charge is -2.31. The highest BCUT2D eigenvalue weighted by Gasteiger charge is 2.23. The smallest absolute Gasteiger partial charge is 0.410 e. The van der Waals surface area contributed by atoms with Gasteiger partial charge in [0.25, 0.3) is 0 Å². The maximum absolute atomic E-state index is 12.3. The van der Waals surface area contributed by atoms with Crippen LogP contribution in [-0.4, -0.2) is 47.8 Å². The first kappa shape index (κ1) is 24.6. The van der Waals surface area contributed by atoms with Crippen molar-refractivity contribution in [2.45, 2.75) is 51.2 Å². The Labute approximate surface area is 195 Å². The summed E-state index contributed by atoms with van der Waals surface area (Å²) in [6.07, 6.45) is 5.32. The van der Waals surface area contributed by atoms with Gasteiger partial charge in [-0.1, -0.05) is 48.9 Å². The van der Waals surface area contributed by atoms with Gasteiger partial charge in [-0.2, -0.15) is 0 Å². The van der Waals surface area contributed by atoms with Crippen molar-refractivity contribution < 1.29 is 24.2 Å². The molecule has 1 saturated heterocycles. The standard InChI is InChI=1S/C26H34N2O5/c27-24(25(29)30)18-21-9-11-23(12-10-21)32-17-5-4-6-20-13-15-28(16-14-20)26(31)33-19-22-7-2-1-3-8-22/h1-3,7-12,20,24H,4-6,13-19,27H2,(H,29,30)/t24-/m0/s1. The van der Waals surface area contributed by atoms with E-state index in [1.165, 1.54) is 0 Å². The summed E-state index contributed by atoms with van der Waals surface area (Å²) in [4.78, 5) is 24.9. The second-order valence-electron chi connectivity index (χ2n) is 8.61. The zero-order chi connectivity index (χ0) is 23.5. The van der Waals surface area contributed by atoms with Gasteiger partial charge in [0.15, 0.2) is 0 Å². The Balaban J connectivity index is 1.25. The average Bonchev–Trinajstić information content (AvgIpc) is 2.84. The molecule has 0 spiro atoms. The molecule has 1 atom stereocenters. The SMILES string of the molecule is N[C@@H](Cc1ccc(OCCCCC2CCN(C(=O)OCc3ccccc3)CC2)cc1)C(=O)O. The molecule has 2 aromatic rings. The predicted octanol–water partition coefficient (Wildman–Crippen LogP) is 4.24. The van der Waals surface area contributed by atoms with Crippen molar-refractivity contribution in [3.63, 3.8) is 0 Å². The number of benzene rings is 2. The number of carboxylic acids is 1. The highest BCUT2D eigenvalue weighted by molar-refractivity contribution is 5.73. The predicted molar refractivity (Wildman–Crippen MR) is 126 cm³/mol. The topological polar surface area (TPSA) is 102 Å².